The Morgan fingerprint density at radius 2 is 1.89 bits per heavy atom. The zero-order valence-electron chi connectivity index (χ0n) is 16.0. The molecule has 0 aromatic heterocycles. The molecule has 2 aromatic carbocycles. The molecular formula is C20H28IN3O3. The maximum Gasteiger partial charge on any atom is 0.193 e. The molecule has 27 heavy (non-hydrogen) atoms. The van der Waals surface area contributed by atoms with Crippen LogP contribution < -0.4 is 20.5 Å². The van der Waals surface area contributed by atoms with Crippen LogP contribution in [0.15, 0.2) is 47.5 Å². The first-order valence-corrected chi connectivity index (χ1v) is 8.64. The summed E-state index contributed by atoms with van der Waals surface area (Å²) >= 11 is 0. The van der Waals surface area contributed by atoms with Crippen LogP contribution in [-0.2, 0) is 11.3 Å². The van der Waals surface area contributed by atoms with Crippen molar-refractivity contribution in [3.63, 3.8) is 0 Å². The van der Waals surface area contributed by atoms with Gasteiger partial charge in [0.2, 0.25) is 0 Å². The Morgan fingerprint density at radius 1 is 1.11 bits per heavy atom. The number of halogens is 1. The van der Waals surface area contributed by atoms with Crippen LogP contribution in [0.25, 0.3) is 0 Å². The number of aryl methyl sites for hydroxylation is 1. The number of para-hydroxylation sites is 2. The van der Waals surface area contributed by atoms with Crippen LogP contribution >= 0.6 is 24.0 Å². The summed E-state index contributed by atoms with van der Waals surface area (Å²) in [4.78, 5) is 4.42. The Hall–Kier alpha value is -2.00. The van der Waals surface area contributed by atoms with Gasteiger partial charge in [0.1, 0.15) is 18.1 Å². The topological polar surface area (TPSA) is 78.1 Å². The summed E-state index contributed by atoms with van der Waals surface area (Å²) in [5.74, 6) is 1.83. The van der Waals surface area contributed by atoms with Crippen LogP contribution in [0.1, 0.15) is 18.1 Å². The molecule has 0 saturated heterocycles. The Morgan fingerprint density at radius 3 is 2.63 bits per heavy atom. The fourth-order valence-corrected chi connectivity index (χ4v) is 2.38. The second kappa shape index (κ2) is 12.4. The molecule has 0 aliphatic heterocycles. The smallest absolute Gasteiger partial charge is 0.193 e. The van der Waals surface area contributed by atoms with Gasteiger partial charge in [-0.15, -0.1) is 24.0 Å². The van der Waals surface area contributed by atoms with Crippen LogP contribution in [0.2, 0.25) is 0 Å². The summed E-state index contributed by atoms with van der Waals surface area (Å²) < 4.78 is 16.4. The van der Waals surface area contributed by atoms with Crippen LogP contribution in [0.4, 0.5) is 5.69 Å². The number of rotatable bonds is 9. The molecule has 2 rings (SSSR count). The molecule has 0 heterocycles. The predicted molar refractivity (Wildman–Crippen MR) is 121 cm³/mol. The van der Waals surface area contributed by atoms with Crippen molar-refractivity contribution < 1.29 is 14.2 Å². The van der Waals surface area contributed by atoms with E-state index in [0.717, 1.165) is 22.6 Å². The van der Waals surface area contributed by atoms with Gasteiger partial charge in [0, 0.05) is 12.2 Å². The van der Waals surface area contributed by atoms with E-state index >= 15 is 0 Å². The maximum absolute atomic E-state index is 6.02. The van der Waals surface area contributed by atoms with Crippen molar-refractivity contribution >= 4 is 35.6 Å². The molecule has 7 heteroatoms. The van der Waals surface area contributed by atoms with Gasteiger partial charge in [-0.1, -0.05) is 24.3 Å². The zero-order valence-corrected chi connectivity index (χ0v) is 18.4. The quantitative estimate of drug-likeness (QED) is 0.243. The van der Waals surface area contributed by atoms with Crippen LogP contribution in [0.5, 0.6) is 11.5 Å². The van der Waals surface area contributed by atoms with Crippen molar-refractivity contribution in [1.29, 1.82) is 0 Å². The van der Waals surface area contributed by atoms with Crippen molar-refractivity contribution in [1.82, 2.24) is 0 Å². The Bertz CT molecular complexity index is 738. The lowest BCUT2D eigenvalue weighted by Crippen LogP contribution is -2.23. The van der Waals surface area contributed by atoms with Gasteiger partial charge in [-0.25, -0.2) is 4.99 Å². The zero-order chi connectivity index (χ0) is 18.8. The molecule has 0 bridgehead atoms. The molecule has 0 amide bonds. The van der Waals surface area contributed by atoms with Crippen molar-refractivity contribution in [2.45, 2.75) is 20.4 Å². The molecule has 0 spiro atoms. The molecule has 6 nitrogen and oxygen atoms in total. The van der Waals surface area contributed by atoms with Crippen LogP contribution in [0.3, 0.4) is 0 Å². The Balaban J connectivity index is 0.00000364. The van der Waals surface area contributed by atoms with E-state index < -0.39 is 0 Å². The highest BCUT2D eigenvalue weighted by Crippen LogP contribution is 2.23. The summed E-state index contributed by atoms with van der Waals surface area (Å²) in [7, 11) is 1.62. The number of ether oxygens (including phenoxy) is 3. The highest BCUT2D eigenvalue weighted by Gasteiger charge is 2.06. The van der Waals surface area contributed by atoms with Crippen LogP contribution in [-0.4, -0.2) is 32.9 Å². The second-order valence-electron chi connectivity index (χ2n) is 5.68. The molecular weight excluding hydrogens is 457 g/mol. The number of hydrogen-bond donors (Lipinski definition) is 2. The summed E-state index contributed by atoms with van der Waals surface area (Å²) in [5.41, 5.74) is 8.89. The lowest BCUT2D eigenvalue weighted by molar-refractivity contribution is 0.110. The number of benzene rings is 2. The standard InChI is InChI=1S/C20H27N3O3.HI/c1-4-25-11-12-26-19-13-15(2)9-10-16(19)14-22-20(21)23-17-7-5-6-8-18(17)24-3;/h5-10,13H,4,11-12,14H2,1-3H3,(H3,21,22,23);1H. The number of aliphatic imine (C=N–C) groups is 1. The highest BCUT2D eigenvalue weighted by molar-refractivity contribution is 14.0. The van der Waals surface area contributed by atoms with Crippen molar-refractivity contribution in [3.05, 3.63) is 53.6 Å². The first kappa shape index (κ1) is 23.0. The first-order chi connectivity index (χ1) is 12.6. The van der Waals surface area contributed by atoms with E-state index in [9.17, 15) is 0 Å². The van der Waals surface area contributed by atoms with Crippen molar-refractivity contribution in [2.24, 2.45) is 10.7 Å². The first-order valence-electron chi connectivity index (χ1n) is 8.64. The molecule has 0 atom stereocenters. The third-order valence-electron chi connectivity index (χ3n) is 3.70. The fraction of sp³-hybridized carbons (Fsp3) is 0.350. The van der Waals surface area contributed by atoms with E-state index in [1.807, 2.05) is 56.3 Å². The molecule has 0 radical (unpaired) electrons. The molecule has 0 unspecified atom stereocenters. The summed E-state index contributed by atoms with van der Waals surface area (Å²) in [6.07, 6.45) is 0. The summed E-state index contributed by atoms with van der Waals surface area (Å²) in [5, 5.41) is 3.06. The summed E-state index contributed by atoms with van der Waals surface area (Å²) in [6.45, 7) is 6.15. The fourth-order valence-electron chi connectivity index (χ4n) is 2.38. The lowest BCUT2D eigenvalue weighted by Gasteiger charge is -2.12. The third kappa shape index (κ3) is 7.64. The Kier molecular flexibility index (Phi) is 10.6. The number of nitrogens with zero attached hydrogens (tertiary/aromatic N) is 1. The number of methoxy groups -OCH3 is 1. The van der Waals surface area contributed by atoms with Gasteiger partial charge in [-0.3, -0.25) is 0 Å². The average molecular weight is 485 g/mol. The highest BCUT2D eigenvalue weighted by atomic mass is 127. The largest absolute Gasteiger partial charge is 0.495 e. The number of guanidine groups is 1. The van der Waals surface area contributed by atoms with Crippen molar-refractivity contribution in [2.75, 3.05) is 32.2 Å². The summed E-state index contributed by atoms with van der Waals surface area (Å²) in [6, 6.07) is 13.6. The van der Waals surface area contributed by atoms with Gasteiger partial charge in [0.25, 0.3) is 0 Å². The van der Waals surface area contributed by atoms with Gasteiger partial charge >= 0.3 is 0 Å². The number of hydrogen-bond acceptors (Lipinski definition) is 4. The van der Waals surface area contributed by atoms with Gasteiger partial charge in [0.05, 0.1) is 25.9 Å². The van der Waals surface area contributed by atoms with Gasteiger partial charge in [0.15, 0.2) is 5.96 Å². The Labute approximate surface area is 178 Å². The number of anilines is 1. The second-order valence-corrected chi connectivity index (χ2v) is 5.68. The SMILES string of the molecule is CCOCCOc1cc(C)ccc1CN=C(N)Nc1ccccc1OC.I. The number of nitrogens with one attached hydrogen (secondary N) is 1. The maximum atomic E-state index is 6.02. The molecule has 2 aromatic rings. The van der Waals surface area contributed by atoms with E-state index in [-0.39, 0.29) is 24.0 Å². The molecule has 3 N–H and O–H groups in total. The molecule has 0 aliphatic carbocycles. The van der Waals surface area contributed by atoms with Gasteiger partial charge < -0.3 is 25.3 Å². The van der Waals surface area contributed by atoms with E-state index in [2.05, 4.69) is 10.3 Å². The monoisotopic (exact) mass is 485 g/mol. The minimum absolute atomic E-state index is 0. The molecule has 0 aliphatic rings. The number of nitrogens with two attached hydrogens (primary N) is 1. The van der Waals surface area contributed by atoms with Crippen LogP contribution in [0, 0.1) is 6.92 Å². The van der Waals surface area contributed by atoms with E-state index in [1.54, 1.807) is 7.11 Å². The van der Waals surface area contributed by atoms with E-state index in [4.69, 9.17) is 19.9 Å². The predicted octanol–water partition coefficient (Wildman–Crippen LogP) is 3.96. The molecule has 148 valence electrons. The molecule has 0 saturated carbocycles. The average Bonchev–Trinajstić information content (AvgIpc) is 2.65. The van der Waals surface area contributed by atoms with Crippen molar-refractivity contribution in [3.8, 4) is 11.5 Å². The minimum Gasteiger partial charge on any atom is -0.495 e. The molecule has 0 fully saturated rings. The lowest BCUT2D eigenvalue weighted by atomic mass is 10.1. The minimum atomic E-state index is 0. The van der Waals surface area contributed by atoms with E-state index in [1.165, 1.54) is 0 Å². The normalized spacial score (nSPS) is 10.9. The van der Waals surface area contributed by atoms with E-state index in [0.29, 0.717) is 38.1 Å². The van der Waals surface area contributed by atoms with Gasteiger partial charge in [-0.2, -0.15) is 0 Å². The third-order valence-corrected chi connectivity index (χ3v) is 3.70. The van der Waals surface area contributed by atoms with Gasteiger partial charge in [-0.05, 0) is 37.6 Å².